The van der Waals surface area contributed by atoms with Gasteiger partial charge >= 0.3 is 0 Å². The first-order valence-electron chi connectivity index (χ1n) is 1.92. The van der Waals surface area contributed by atoms with Crippen molar-refractivity contribution in [3.05, 3.63) is 0 Å². The molecule has 0 radical (unpaired) electrons. The van der Waals surface area contributed by atoms with Crippen molar-refractivity contribution < 1.29 is 0 Å². The average molecular weight is 122 g/mol. The van der Waals surface area contributed by atoms with E-state index in [-0.39, 0.29) is 0 Å². The first-order valence-corrected chi connectivity index (χ1v) is 11.9. The second-order valence-electron chi connectivity index (χ2n) is 1.40. The summed E-state index contributed by atoms with van der Waals surface area (Å²) in [5, 5.41) is 0. The van der Waals surface area contributed by atoms with Gasteiger partial charge in [-0.15, -0.1) is 7.47 Å². The summed E-state index contributed by atoms with van der Waals surface area (Å²) in [5.74, 6) is 0. The van der Waals surface area contributed by atoms with Gasteiger partial charge in [0, 0.05) is 8.70 Å². The summed E-state index contributed by atoms with van der Waals surface area (Å²) in [4.78, 5) is 0. The van der Waals surface area contributed by atoms with Gasteiger partial charge in [0.05, 0.1) is 0 Å². The van der Waals surface area contributed by atoms with Crippen molar-refractivity contribution >= 4 is 25.9 Å². The van der Waals surface area contributed by atoms with Crippen molar-refractivity contribution in [3.8, 4) is 0 Å². The lowest BCUT2D eigenvalue weighted by Crippen LogP contribution is -1.80. The van der Waals surface area contributed by atoms with Crippen LogP contribution in [0.2, 0.25) is 0 Å². The van der Waals surface area contributed by atoms with Crippen molar-refractivity contribution in [2.24, 2.45) is 0 Å². The van der Waals surface area contributed by atoms with Crippen LogP contribution in [0.3, 0.4) is 0 Å². The third-order valence-corrected chi connectivity index (χ3v) is 17.1. The predicted octanol–water partition coefficient (Wildman–Crippen LogP) is -0.908. The molecule has 0 N–H and O–H groups in total. The second-order valence-corrected chi connectivity index (χ2v) is 15.6. The van der Waals surface area contributed by atoms with Gasteiger partial charge in [-0.05, 0) is 23.1 Å². The molecule has 32 valence electrons. The molecule has 0 fully saturated rings. The van der Waals surface area contributed by atoms with Crippen molar-refractivity contribution in [3.63, 3.8) is 0 Å². The molecule has 0 amide bonds. The Hall–Kier alpha value is 0.864. The molecule has 0 nitrogen and oxygen atoms in total. The summed E-state index contributed by atoms with van der Waals surface area (Å²) in [6.45, 7) is 4.77. The first kappa shape index (κ1) is 5.86. The summed E-state index contributed by atoms with van der Waals surface area (Å²) in [7, 11) is 2.70. The minimum Gasteiger partial charge on any atom is -0.136 e. The summed E-state index contributed by atoms with van der Waals surface area (Å²) < 4.78 is 0. The Balaban J connectivity index is 2.54. The van der Waals surface area contributed by atoms with E-state index in [4.69, 9.17) is 0 Å². The van der Waals surface area contributed by atoms with Crippen LogP contribution < -0.4 is 0 Å². The van der Waals surface area contributed by atoms with Gasteiger partial charge in [-0.2, -0.15) is 0 Å². The smallest absolute Gasteiger partial charge is 0.0322 e. The van der Waals surface area contributed by atoms with Crippen LogP contribution in [0.5, 0.6) is 0 Å². The Labute approximate surface area is 40.0 Å². The first-order chi connectivity index (χ1) is 2.27. The lowest BCUT2D eigenvalue weighted by atomic mass is 11.9. The molecule has 0 aromatic rings. The van der Waals surface area contributed by atoms with Gasteiger partial charge in [-0.1, -0.05) is 0 Å². The zero-order chi connectivity index (χ0) is 4.28. The standard InChI is InChI=1S/C2H11PSi2/c1-3(2)5-4/h5H2,1-2,4H3. The fraction of sp³-hybridized carbons (Fsp3) is 1.00. The van der Waals surface area contributed by atoms with Crippen LogP contribution in [0.1, 0.15) is 0 Å². The molecular weight excluding hydrogens is 111 g/mol. The van der Waals surface area contributed by atoms with Gasteiger partial charge in [0.25, 0.3) is 0 Å². The van der Waals surface area contributed by atoms with E-state index < -0.39 is 0 Å². The molecule has 0 heterocycles. The maximum Gasteiger partial charge on any atom is 0.0322 e. The van der Waals surface area contributed by atoms with E-state index in [1.165, 1.54) is 0 Å². The van der Waals surface area contributed by atoms with Crippen molar-refractivity contribution in [2.75, 3.05) is 13.3 Å². The fourth-order valence-electron chi connectivity index (χ4n) is 0. The van der Waals surface area contributed by atoms with E-state index in [2.05, 4.69) is 13.3 Å². The number of rotatable bonds is 1. The molecule has 0 bridgehead atoms. The normalized spacial score (nSPS) is 12.6. The molecule has 0 aromatic carbocycles. The predicted molar refractivity (Wildman–Crippen MR) is 37.3 cm³/mol. The largest absolute Gasteiger partial charge is 0.136 e. The van der Waals surface area contributed by atoms with Crippen LogP contribution in [-0.4, -0.2) is 31.8 Å². The van der Waals surface area contributed by atoms with E-state index in [1.54, 1.807) is 9.76 Å². The fourth-order valence-corrected chi connectivity index (χ4v) is 0. The zero-order valence-electron chi connectivity index (χ0n) is 4.15. The highest BCUT2D eigenvalue weighted by atomic mass is 31.4. The van der Waals surface area contributed by atoms with E-state index in [0.29, 0.717) is 16.2 Å². The van der Waals surface area contributed by atoms with Crippen LogP contribution in [-0.2, 0) is 0 Å². The third-order valence-electron chi connectivity index (χ3n) is 0.632. The Morgan fingerprint density at radius 2 is 1.80 bits per heavy atom. The van der Waals surface area contributed by atoms with Gasteiger partial charge in [0.2, 0.25) is 0 Å². The highest BCUT2D eigenvalue weighted by molar-refractivity contribution is 7.90. The van der Waals surface area contributed by atoms with Gasteiger partial charge in [0.15, 0.2) is 0 Å². The molecule has 5 heavy (non-hydrogen) atoms. The van der Waals surface area contributed by atoms with Crippen LogP contribution in [0.15, 0.2) is 0 Å². The molecule has 0 atom stereocenters. The SMILES string of the molecule is CP(C)[SiH2][SiH3]. The van der Waals surface area contributed by atoms with Crippen LogP contribution >= 0.6 is 7.47 Å². The Morgan fingerprint density at radius 3 is 1.80 bits per heavy atom. The molecule has 0 saturated heterocycles. The summed E-state index contributed by atoms with van der Waals surface area (Å²) in [6, 6.07) is 0. The van der Waals surface area contributed by atoms with Gasteiger partial charge in [-0.3, -0.25) is 0 Å². The van der Waals surface area contributed by atoms with Gasteiger partial charge < -0.3 is 0 Å². The molecule has 0 aromatic heterocycles. The molecule has 0 spiro atoms. The van der Waals surface area contributed by atoms with E-state index in [0.717, 1.165) is 0 Å². The minimum atomic E-state index is 0.552. The molecule has 3 heteroatoms. The van der Waals surface area contributed by atoms with Crippen LogP contribution in [0.4, 0.5) is 0 Å². The highest BCUT2D eigenvalue weighted by Crippen LogP contribution is 2.17. The van der Waals surface area contributed by atoms with Gasteiger partial charge in [-0.25, -0.2) is 0 Å². The Morgan fingerprint density at radius 1 is 1.60 bits per heavy atom. The molecule has 0 aliphatic carbocycles. The van der Waals surface area contributed by atoms with E-state index in [9.17, 15) is 0 Å². The Kier molecular flexibility index (Phi) is 3.60. The van der Waals surface area contributed by atoms with E-state index >= 15 is 0 Å². The molecule has 0 saturated carbocycles. The van der Waals surface area contributed by atoms with Crippen LogP contribution in [0.25, 0.3) is 0 Å². The monoisotopic (exact) mass is 122 g/mol. The maximum atomic E-state index is 2.38. The molecule has 0 aliphatic rings. The molecular formula is C2H11PSi2. The lowest BCUT2D eigenvalue weighted by Gasteiger charge is -1.91. The third kappa shape index (κ3) is 4.86. The van der Waals surface area contributed by atoms with Crippen molar-refractivity contribution in [1.29, 1.82) is 0 Å². The highest BCUT2D eigenvalue weighted by Gasteiger charge is 1.79. The summed E-state index contributed by atoms with van der Waals surface area (Å²) in [5.41, 5.74) is 0. The number of hydrogen-bond donors (Lipinski definition) is 0. The summed E-state index contributed by atoms with van der Waals surface area (Å²) >= 11 is 0. The second kappa shape index (κ2) is 3.07. The summed E-state index contributed by atoms with van der Waals surface area (Å²) in [6.07, 6.45) is 0. The average Bonchev–Trinajstić information content (AvgIpc) is 1.38. The van der Waals surface area contributed by atoms with Crippen molar-refractivity contribution in [2.45, 2.75) is 0 Å². The van der Waals surface area contributed by atoms with Crippen LogP contribution in [0, 0.1) is 0 Å². The lowest BCUT2D eigenvalue weighted by molar-refractivity contribution is 2.29. The Bertz CT molecular complexity index is 21.6. The molecule has 0 rings (SSSR count). The van der Waals surface area contributed by atoms with E-state index in [1.807, 2.05) is 0 Å². The number of hydrogen-bond acceptors (Lipinski definition) is 0. The van der Waals surface area contributed by atoms with Crippen molar-refractivity contribution in [1.82, 2.24) is 0 Å². The zero-order valence-corrected chi connectivity index (χ0v) is 8.46. The molecule has 0 unspecified atom stereocenters. The maximum absolute atomic E-state index is 2.38. The quantitative estimate of drug-likeness (QED) is 0.312. The minimum absolute atomic E-state index is 0.552. The topological polar surface area (TPSA) is 0 Å². The molecule has 0 aliphatic heterocycles. The van der Waals surface area contributed by atoms with Gasteiger partial charge in [0.1, 0.15) is 0 Å².